The first kappa shape index (κ1) is 15.7. The summed E-state index contributed by atoms with van der Waals surface area (Å²) in [4.78, 5) is 15.0. The molecule has 5 nitrogen and oxygen atoms in total. The van der Waals surface area contributed by atoms with Gasteiger partial charge in [0.1, 0.15) is 0 Å². The topological polar surface area (TPSA) is 43.1 Å². The summed E-state index contributed by atoms with van der Waals surface area (Å²) in [5.74, 6) is 0.0682. The average molecular weight is 334 g/mol. The zero-order valence-electron chi connectivity index (χ0n) is 14.4. The van der Waals surface area contributed by atoms with Crippen LogP contribution in [0.4, 0.5) is 0 Å². The van der Waals surface area contributed by atoms with Crippen LogP contribution in [0.3, 0.4) is 0 Å². The molecule has 3 aromatic rings. The quantitative estimate of drug-likeness (QED) is 0.734. The van der Waals surface area contributed by atoms with E-state index in [1.165, 1.54) is 11.3 Å². The van der Waals surface area contributed by atoms with E-state index >= 15 is 0 Å². The standard InChI is InChI=1S/C20H22N4O/c1-2-18-19-9-6-10-22(19)11-12-24(18)20(25)17-13-21-23(15-17)14-16-7-4-3-5-8-16/h3-10,13,15,18H,2,11-12,14H2,1H3/t18-/m1/s1. The highest BCUT2D eigenvalue weighted by Crippen LogP contribution is 2.29. The molecule has 0 N–H and O–H groups in total. The smallest absolute Gasteiger partial charge is 0.257 e. The Balaban J connectivity index is 1.53. The van der Waals surface area contributed by atoms with E-state index < -0.39 is 0 Å². The lowest BCUT2D eigenvalue weighted by atomic mass is 10.1. The first-order valence-corrected chi connectivity index (χ1v) is 8.78. The molecule has 4 rings (SSSR count). The van der Waals surface area contributed by atoms with Gasteiger partial charge in [0.05, 0.1) is 24.3 Å². The molecule has 5 heteroatoms. The fourth-order valence-electron chi connectivity index (χ4n) is 3.63. The Morgan fingerprint density at radius 3 is 2.80 bits per heavy atom. The molecular formula is C20H22N4O. The Bertz CT molecular complexity index is 865. The fourth-order valence-corrected chi connectivity index (χ4v) is 3.63. The number of rotatable bonds is 4. The summed E-state index contributed by atoms with van der Waals surface area (Å²) >= 11 is 0. The van der Waals surface area contributed by atoms with Crippen molar-refractivity contribution < 1.29 is 4.79 Å². The molecule has 0 aliphatic carbocycles. The van der Waals surface area contributed by atoms with Gasteiger partial charge in [-0.05, 0) is 24.1 Å². The van der Waals surface area contributed by atoms with Crippen LogP contribution in [-0.2, 0) is 13.1 Å². The first-order valence-electron chi connectivity index (χ1n) is 8.78. The number of aromatic nitrogens is 3. The van der Waals surface area contributed by atoms with Crippen LogP contribution in [0, 0.1) is 0 Å². The second-order valence-electron chi connectivity index (χ2n) is 6.46. The third kappa shape index (κ3) is 2.97. The summed E-state index contributed by atoms with van der Waals surface area (Å²) in [5.41, 5.74) is 3.06. The Labute approximate surface area is 147 Å². The molecule has 0 saturated heterocycles. The third-order valence-electron chi connectivity index (χ3n) is 4.88. The van der Waals surface area contributed by atoms with Gasteiger partial charge in [0.15, 0.2) is 0 Å². The van der Waals surface area contributed by atoms with Gasteiger partial charge in [-0.3, -0.25) is 9.48 Å². The van der Waals surface area contributed by atoms with Crippen molar-refractivity contribution in [3.8, 4) is 0 Å². The predicted octanol–water partition coefficient (Wildman–Crippen LogP) is 3.34. The van der Waals surface area contributed by atoms with Crippen LogP contribution < -0.4 is 0 Å². The van der Waals surface area contributed by atoms with Crippen LogP contribution in [0.2, 0.25) is 0 Å². The van der Waals surface area contributed by atoms with Crippen molar-refractivity contribution in [2.45, 2.75) is 32.5 Å². The van der Waals surface area contributed by atoms with E-state index in [4.69, 9.17) is 0 Å². The molecule has 0 spiro atoms. The first-order chi connectivity index (χ1) is 12.3. The van der Waals surface area contributed by atoms with Crippen molar-refractivity contribution in [1.29, 1.82) is 0 Å². The Kier molecular flexibility index (Phi) is 4.14. The minimum Gasteiger partial charge on any atom is -0.348 e. The lowest BCUT2D eigenvalue weighted by molar-refractivity contribution is 0.0618. The zero-order chi connectivity index (χ0) is 17.2. The monoisotopic (exact) mass is 334 g/mol. The van der Waals surface area contributed by atoms with Gasteiger partial charge in [0.25, 0.3) is 5.91 Å². The van der Waals surface area contributed by atoms with Crippen LogP contribution in [0.25, 0.3) is 0 Å². The van der Waals surface area contributed by atoms with Gasteiger partial charge < -0.3 is 9.47 Å². The predicted molar refractivity (Wildman–Crippen MR) is 96.3 cm³/mol. The Hall–Kier alpha value is -2.82. The maximum Gasteiger partial charge on any atom is 0.257 e. The zero-order valence-corrected chi connectivity index (χ0v) is 14.4. The van der Waals surface area contributed by atoms with Crippen molar-refractivity contribution in [2.75, 3.05) is 6.54 Å². The van der Waals surface area contributed by atoms with E-state index in [2.05, 4.69) is 47.1 Å². The molecule has 2 aromatic heterocycles. The minimum atomic E-state index is 0.0682. The minimum absolute atomic E-state index is 0.0682. The van der Waals surface area contributed by atoms with E-state index in [0.717, 1.165) is 19.5 Å². The molecule has 1 atom stereocenters. The van der Waals surface area contributed by atoms with Gasteiger partial charge >= 0.3 is 0 Å². The number of carbonyl (C=O) groups excluding carboxylic acids is 1. The number of fused-ring (bicyclic) bond motifs is 1. The molecule has 0 unspecified atom stereocenters. The highest BCUT2D eigenvalue weighted by atomic mass is 16.2. The molecule has 1 aromatic carbocycles. The Morgan fingerprint density at radius 2 is 2.00 bits per heavy atom. The number of benzene rings is 1. The van der Waals surface area contributed by atoms with Gasteiger partial charge in [0.2, 0.25) is 0 Å². The summed E-state index contributed by atoms with van der Waals surface area (Å²) in [5, 5.41) is 4.38. The SMILES string of the molecule is CC[C@@H]1c2cccn2CCN1C(=O)c1cnn(Cc2ccccc2)c1. The number of carbonyl (C=O) groups is 1. The molecule has 128 valence electrons. The summed E-state index contributed by atoms with van der Waals surface area (Å²) < 4.78 is 4.08. The molecule has 1 amide bonds. The normalized spacial score (nSPS) is 16.7. The van der Waals surface area contributed by atoms with Crippen LogP contribution in [0.15, 0.2) is 61.1 Å². The van der Waals surface area contributed by atoms with E-state index in [9.17, 15) is 4.79 Å². The van der Waals surface area contributed by atoms with Gasteiger partial charge in [-0.25, -0.2) is 0 Å². The van der Waals surface area contributed by atoms with Crippen LogP contribution in [0.5, 0.6) is 0 Å². The molecule has 0 radical (unpaired) electrons. The maximum absolute atomic E-state index is 13.0. The molecule has 1 aliphatic rings. The molecule has 1 aliphatic heterocycles. The Morgan fingerprint density at radius 1 is 1.16 bits per heavy atom. The van der Waals surface area contributed by atoms with Crippen LogP contribution in [0.1, 0.15) is 41.0 Å². The second-order valence-corrected chi connectivity index (χ2v) is 6.46. The van der Waals surface area contributed by atoms with E-state index in [1.807, 2.05) is 34.0 Å². The molecule has 0 fully saturated rings. The van der Waals surface area contributed by atoms with Crippen molar-refractivity contribution in [3.05, 3.63) is 77.9 Å². The summed E-state index contributed by atoms with van der Waals surface area (Å²) in [6.45, 7) is 4.40. The van der Waals surface area contributed by atoms with E-state index in [1.54, 1.807) is 6.20 Å². The van der Waals surface area contributed by atoms with Crippen LogP contribution >= 0.6 is 0 Å². The molecule has 3 heterocycles. The van der Waals surface area contributed by atoms with Crippen molar-refractivity contribution in [3.63, 3.8) is 0 Å². The second kappa shape index (κ2) is 6.59. The van der Waals surface area contributed by atoms with E-state index in [0.29, 0.717) is 12.1 Å². The average Bonchev–Trinajstić information content (AvgIpc) is 3.30. The van der Waals surface area contributed by atoms with Gasteiger partial charge in [0, 0.05) is 31.2 Å². The number of hydrogen-bond donors (Lipinski definition) is 0. The van der Waals surface area contributed by atoms with Crippen molar-refractivity contribution >= 4 is 5.91 Å². The molecular weight excluding hydrogens is 312 g/mol. The summed E-state index contributed by atoms with van der Waals surface area (Å²) in [6.07, 6.45) is 6.55. The highest BCUT2D eigenvalue weighted by molar-refractivity contribution is 5.94. The van der Waals surface area contributed by atoms with Crippen molar-refractivity contribution in [2.24, 2.45) is 0 Å². The summed E-state index contributed by atoms with van der Waals surface area (Å²) in [7, 11) is 0. The molecule has 0 saturated carbocycles. The van der Waals surface area contributed by atoms with E-state index in [-0.39, 0.29) is 11.9 Å². The molecule has 0 bridgehead atoms. The third-order valence-corrected chi connectivity index (χ3v) is 4.88. The fraction of sp³-hybridized carbons (Fsp3) is 0.300. The van der Waals surface area contributed by atoms with Gasteiger partial charge in [-0.1, -0.05) is 37.3 Å². The van der Waals surface area contributed by atoms with Gasteiger partial charge in [-0.2, -0.15) is 5.10 Å². The maximum atomic E-state index is 13.0. The van der Waals surface area contributed by atoms with Crippen molar-refractivity contribution in [1.82, 2.24) is 19.2 Å². The highest BCUT2D eigenvalue weighted by Gasteiger charge is 2.30. The number of nitrogens with zero attached hydrogens (tertiary/aromatic N) is 4. The lowest BCUT2D eigenvalue weighted by Gasteiger charge is -2.36. The summed E-state index contributed by atoms with van der Waals surface area (Å²) in [6, 6.07) is 14.5. The number of hydrogen-bond acceptors (Lipinski definition) is 2. The largest absolute Gasteiger partial charge is 0.348 e. The van der Waals surface area contributed by atoms with Crippen LogP contribution in [-0.4, -0.2) is 31.7 Å². The molecule has 25 heavy (non-hydrogen) atoms. The lowest BCUT2D eigenvalue weighted by Crippen LogP contribution is -2.41. The number of amides is 1. The van der Waals surface area contributed by atoms with Gasteiger partial charge in [-0.15, -0.1) is 0 Å².